The van der Waals surface area contributed by atoms with Crippen molar-refractivity contribution in [3.05, 3.63) is 24.5 Å². The Bertz CT molecular complexity index is 386. The molecule has 0 spiro atoms. The Morgan fingerprint density at radius 2 is 2.08 bits per heavy atom. The molecule has 60 valence electrons. The Kier molecular flexibility index (Phi) is 1.33. The van der Waals surface area contributed by atoms with E-state index in [0.717, 1.165) is 0 Å². The van der Waals surface area contributed by atoms with Gasteiger partial charge < -0.3 is 10.8 Å². The molecule has 2 aromatic rings. The third kappa shape index (κ3) is 0.852. The minimum absolute atomic E-state index is 0.126. The molecule has 0 unspecified atom stereocenters. The Labute approximate surface area is 68.7 Å². The lowest BCUT2D eigenvalue weighted by atomic mass is 10.2. The number of benzene rings is 1. The number of para-hydroxylation sites is 1. The smallest absolute Gasteiger partial charge is 0.142 e. The molecule has 0 radical (unpaired) electrons. The van der Waals surface area contributed by atoms with Crippen LogP contribution in [0.1, 0.15) is 0 Å². The number of hydrogen-bond donors (Lipinski definition) is 2. The van der Waals surface area contributed by atoms with E-state index >= 15 is 0 Å². The van der Waals surface area contributed by atoms with E-state index in [4.69, 9.17) is 5.73 Å². The topological polar surface area (TPSA) is 72.0 Å². The number of hydrogen-bond acceptors (Lipinski definition) is 4. The first-order valence-electron chi connectivity index (χ1n) is 3.47. The fourth-order valence-corrected chi connectivity index (χ4v) is 1.09. The zero-order valence-electron chi connectivity index (χ0n) is 6.23. The molecule has 1 aromatic carbocycles. The molecule has 2 rings (SSSR count). The molecule has 1 heterocycles. The molecule has 0 amide bonds. The summed E-state index contributed by atoms with van der Waals surface area (Å²) in [6, 6.07) is 5.04. The van der Waals surface area contributed by atoms with Gasteiger partial charge in [-0.1, -0.05) is 6.07 Å². The van der Waals surface area contributed by atoms with Crippen molar-refractivity contribution in [2.24, 2.45) is 0 Å². The molecule has 0 aliphatic carbocycles. The summed E-state index contributed by atoms with van der Waals surface area (Å²) < 4.78 is 0. The first kappa shape index (κ1) is 6.84. The van der Waals surface area contributed by atoms with Gasteiger partial charge in [-0.25, -0.2) is 9.97 Å². The molecule has 4 nitrogen and oxygen atoms in total. The number of nitrogens with zero attached hydrogens (tertiary/aromatic N) is 2. The fraction of sp³-hybridized carbons (Fsp3) is 0. The van der Waals surface area contributed by atoms with Crippen LogP contribution < -0.4 is 5.73 Å². The number of phenols is 1. The van der Waals surface area contributed by atoms with Crippen LogP contribution in [0.25, 0.3) is 10.9 Å². The SMILES string of the molecule is Nc1ncnc2c(O)cccc12. The lowest BCUT2D eigenvalue weighted by Gasteiger charge is -2.00. The highest BCUT2D eigenvalue weighted by Crippen LogP contribution is 2.23. The molecule has 1 aromatic heterocycles. The Morgan fingerprint density at radius 1 is 1.25 bits per heavy atom. The van der Waals surface area contributed by atoms with E-state index in [-0.39, 0.29) is 5.75 Å². The number of nitrogens with two attached hydrogens (primary N) is 1. The van der Waals surface area contributed by atoms with E-state index in [1.54, 1.807) is 18.2 Å². The number of fused-ring (bicyclic) bond motifs is 1. The van der Waals surface area contributed by atoms with Crippen LogP contribution in [0.4, 0.5) is 5.82 Å². The second-order valence-corrected chi connectivity index (χ2v) is 2.43. The van der Waals surface area contributed by atoms with Crippen LogP contribution in [-0.4, -0.2) is 15.1 Å². The number of rotatable bonds is 0. The molecule has 0 bridgehead atoms. The second kappa shape index (κ2) is 2.34. The highest BCUT2D eigenvalue weighted by molar-refractivity contribution is 5.91. The quantitative estimate of drug-likeness (QED) is 0.602. The van der Waals surface area contributed by atoms with Gasteiger partial charge in [-0.3, -0.25) is 0 Å². The van der Waals surface area contributed by atoms with Gasteiger partial charge >= 0.3 is 0 Å². The van der Waals surface area contributed by atoms with Crippen LogP contribution in [0.2, 0.25) is 0 Å². The Balaban J connectivity index is 2.94. The van der Waals surface area contributed by atoms with Gasteiger partial charge in [-0.15, -0.1) is 0 Å². The van der Waals surface area contributed by atoms with Gasteiger partial charge in [-0.05, 0) is 12.1 Å². The second-order valence-electron chi connectivity index (χ2n) is 2.43. The van der Waals surface area contributed by atoms with Crippen LogP contribution in [-0.2, 0) is 0 Å². The zero-order valence-corrected chi connectivity index (χ0v) is 6.23. The summed E-state index contributed by atoms with van der Waals surface area (Å²) in [7, 11) is 0. The summed E-state index contributed by atoms with van der Waals surface area (Å²) in [6.07, 6.45) is 1.33. The maximum Gasteiger partial charge on any atom is 0.142 e. The minimum atomic E-state index is 0.126. The summed E-state index contributed by atoms with van der Waals surface area (Å²) >= 11 is 0. The van der Waals surface area contributed by atoms with Crippen molar-refractivity contribution >= 4 is 16.7 Å². The van der Waals surface area contributed by atoms with E-state index in [9.17, 15) is 5.11 Å². The first-order chi connectivity index (χ1) is 5.79. The largest absolute Gasteiger partial charge is 0.506 e. The molecule has 0 atom stereocenters. The van der Waals surface area contributed by atoms with Crippen molar-refractivity contribution in [2.45, 2.75) is 0 Å². The first-order valence-corrected chi connectivity index (χ1v) is 3.47. The van der Waals surface area contributed by atoms with Gasteiger partial charge in [0.2, 0.25) is 0 Å². The van der Waals surface area contributed by atoms with Gasteiger partial charge in [0.15, 0.2) is 0 Å². The normalized spacial score (nSPS) is 10.3. The predicted octanol–water partition coefficient (Wildman–Crippen LogP) is 0.918. The lowest BCUT2D eigenvalue weighted by molar-refractivity contribution is 0.480. The molecule has 4 heteroatoms. The number of phenolic OH excluding ortho intramolecular Hbond substituents is 1. The summed E-state index contributed by atoms with van der Waals surface area (Å²) in [5, 5.41) is 10.0. The van der Waals surface area contributed by atoms with Crippen molar-refractivity contribution < 1.29 is 5.11 Å². The van der Waals surface area contributed by atoms with E-state index < -0.39 is 0 Å². The van der Waals surface area contributed by atoms with Crippen molar-refractivity contribution in [3.63, 3.8) is 0 Å². The van der Waals surface area contributed by atoms with Crippen molar-refractivity contribution in [1.29, 1.82) is 0 Å². The average molecular weight is 161 g/mol. The summed E-state index contributed by atoms with van der Waals surface area (Å²) in [4.78, 5) is 7.70. The number of aromatic nitrogens is 2. The third-order valence-corrected chi connectivity index (χ3v) is 1.67. The van der Waals surface area contributed by atoms with E-state index in [1.165, 1.54) is 6.33 Å². The summed E-state index contributed by atoms with van der Waals surface area (Å²) in [5.74, 6) is 0.512. The molecular formula is C8H7N3O. The van der Waals surface area contributed by atoms with Gasteiger partial charge in [-0.2, -0.15) is 0 Å². The standard InChI is InChI=1S/C8H7N3O/c9-8-5-2-1-3-6(12)7(5)10-4-11-8/h1-4,12H,(H2,9,10,11). The number of nitrogen functional groups attached to an aromatic ring is 1. The van der Waals surface area contributed by atoms with Crippen LogP contribution in [0, 0.1) is 0 Å². The van der Waals surface area contributed by atoms with Crippen LogP contribution in [0.3, 0.4) is 0 Å². The summed E-state index contributed by atoms with van der Waals surface area (Å²) in [5.41, 5.74) is 6.05. The number of aromatic hydroxyl groups is 1. The van der Waals surface area contributed by atoms with Crippen LogP contribution in [0.15, 0.2) is 24.5 Å². The minimum Gasteiger partial charge on any atom is -0.506 e. The Morgan fingerprint density at radius 3 is 2.83 bits per heavy atom. The molecule has 0 aliphatic rings. The van der Waals surface area contributed by atoms with Gasteiger partial charge in [0.1, 0.15) is 23.4 Å². The van der Waals surface area contributed by atoms with Gasteiger partial charge in [0, 0.05) is 5.39 Å². The molecule has 0 saturated carbocycles. The fourth-order valence-electron chi connectivity index (χ4n) is 1.09. The molecular weight excluding hydrogens is 154 g/mol. The maximum absolute atomic E-state index is 9.35. The Hall–Kier alpha value is -1.84. The monoisotopic (exact) mass is 161 g/mol. The summed E-state index contributed by atoms with van der Waals surface area (Å²) in [6.45, 7) is 0. The van der Waals surface area contributed by atoms with Gasteiger partial charge in [0.05, 0.1) is 0 Å². The van der Waals surface area contributed by atoms with Crippen molar-refractivity contribution in [3.8, 4) is 5.75 Å². The van der Waals surface area contributed by atoms with Crippen LogP contribution in [0.5, 0.6) is 5.75 Å². The van der Waals surface area contributed by atoms with Crippen molar-refractivity contribution in [1.82, 2.24) is 9.97 Å². The molecule has 0 fully saturated rings. The van der Waals surface area contributed by atoms with E-state index in [1.807, 2.05) is 0 Å². The molecule has 3 N–H and O–H groups in total. The van der Waals surface area contributed by atoms with E-state index in [0.29, 0.717) is 16.7 Å². The lowest BCUT2D eigenvalue weighted by Crippen LogP contribution is -1.92. The molecule has 12 heavy (non-hydrogen) atoms. The highest BCUT2D eigenvalue weighted by Gasteiger charge is 2.02. The average Bonchev–Trinajstić information content (AvgIpc) is 2.07. The highest BCUT2D eigenvalue weighted by atomic mass is 16.3. The third-order valence-electron chi connectivity index (χ3n) is 1.67. The zero-order chi connectivity index (χ0) is 8.55. The maximum atomic E-state index is 9.35. The van der Waals surface area contributed by atoms with Crippen molar-refractivity contribution in [2.75, 3.05) is 5.73 Å². The van der Waals surface area contributed by atoms with Crippen LogP contribution >= 0.6 is 0 Å². The van der Waals surface area contributed by atoms with Gasteiger partial charge in [0.25, 0.3) is 0 Å². The molecule has 0 saturated heterocycles. The number of anilines is 1. The van der Waals surface area contributed by atoms with E-state index in [2.05, 4.69) is 9.97 Å². The molecule has 0 aliphatic heterocycles. The predicted molar refractivity (Wildman–Crippen MR) is 45.6 cm³/mol.